The fourth-order valence-electron chi connectivity index (χ4n) is 1.47. The fraction of sp³-hybridized carbons (Fsp3) is 0.0909. The summed E-state index contributed by atoms with van der Waals surface area (Å²) >= 11 is 1.09. The van der Waals surface area contributed by atoms with Crippen molar-refractivity contribution in [2.24, 2.45) is 0 Å². The predicted octanol–water partition coefficient (Wildman–Crippen LogP) is 3.71. The zero-order valence-electron chi connectivity index (χ0n) is 7.97. The van der Waals surface area contributed by atoms with Crippen molar-refractivity contribution in [2.75, 3.05) is 0 Å². The molecular formula is C11H11Cl2OZr. The summed E-state index contributed by atoms with van der Waals surface area (Å²) in [5.74, 6) is 0.996. The third-order valence-electron chi connectivity index (χ3n) is 2.11. The van der Waals surface area contributed by atoms with Crippen LogP contribution in [0.25, 0.3) is 5.57 Å². The second-order valence-electron chi connectivity index (χ2n) is 2.92. The van der Waals surface area contributed by atoms with E-state index in [0.29, 0.717) is 0 Å². The van der Waals surface area contributed by atoms with Crippen LogP contribution in [0.1, 0.15) is 12.0 Å². The zero-order valence-corrected chi connectivity index (χ0v) is 12.1. The van der Waals surface area contributed by atoms with Gasteiger partial charge in [0, 0.05) is 0 Å². The topological polar surface area (TPSA) is 9.23 Å². The molecule has 1 aromatic carbocycles. The molecule has 0 saturated carbocycles. The minimum absolute atomic E-state index is 0. The Morgan fingerprint density at radius 2 is 1.87 bits per heavy atom. The summed E-state index contributed by atoms with van der Waals surface area (Å²) in [5, 5.41) is 0. The van der Waals surface area contributed by atoms with Crippen LogP contribution in [0.3, 0.4) is 0 Å². The van der Waals surface area contributed by atoms with Crippen molar-refractivity contribution < 1.29 is 28.0 Å². The van der Waals surface area contributed by atoms with Crippen LogP contribution in [-0.2, 0) is 25.2 Å². The van der Waals surface area contributed by atoms with E-state index in [-0.39, 0.29) is 24.8 Å². The van der Waals surface area contributed by atoms with Gasteiger partial charge in [-0.15, -0.1) is 24.8 Å². The third-order valence-corrected chi connectivity index (χ3v) is 2.65. The molecule has 1 aliphatic rings. The molecule has 15 heavy (non-hydrogen) atoms. The molecular weight excluding hydrogens is 310 g/mol. The van der Waals surface area contributed by atoms with Gasteiger partial charge in [0.15, 0.2) is 0 Å². The molecule has 2 rings (SSSR count). The molecule has 79 valence electrons. The van der Waals surface area contributed by atoms with Crippen molar-refractivity contribution in [3.8, 4) is 5.75 Å². The van der Waals surface area contributed by atoms with Crippen molar-refractivity contribution in [3.63, 3.8) is 0 Å². The van der Waals surface area contributed by atoms with Crippen LogP contribution in [0, 0.1) is 0 Å². The molecule has 1 aliphatic carbocycles. The molecule has 0 bridgehead atoms. The van der Waals surface area contributed by atoms with Crippen LogP contribution in [0.15, 0.2) is 42.5 Å². The molecule has 4 heteroatoms. The monoisotopic (exact) mass is 319 g/mol. The molecule has 0 amide bonds. The Morgan fingerprint density at radius 1 is 1.13 bits per heavy atom. The normalized spacial score (nSPS) is 12.3. The van der Waals surface area contributed by atoms with Crippen molar-refractivity contribution in [3.05, 3.63) is 48.1 Å². The summed E-state index contributed by atoms with van der Waals surface area (Å²) in [6.07, 6.45) is 7.43. The van der Waals surface area contributed by atoms with E-state index < -0.39 is 0 Å². The van der Waals surface area contributed by atoms with Gasteiger partial charge in [-0.2, -0.15) is 0 Å². The van der Waals surface area contributed by atoms with Crippen LogP contribution in [0.4, 0.5) is 0 Å². The minimum atomic E-state index is 0. The number of rotatable bonds is 2. The molecule has 0 N–H and O–H groups in total. The first-order chi connectivity index (χ1) is 6.42. The number of halogens is 2. The quantitative estimate of drug-likeness (QED) is 0.807. The van der Waals surface area contributed by atoms with Crippen molar-refractivity contribution >= 4 is 30.4 Å². The van der Waals surface area contributed by atoms with Gasteiger partial charge in [-0.3, -0.25) is 0 Å². The zero-order chi connectivity index (χ0) is 9.10. The molecule has 0 saturated heterocycles. The average molecular weight is 321 g/mol. The first-order valence-corrected chi connectivity index (χ1v) is 5.21. The summed E-state index contributed by atoms with van der Waals surface area (Å²) in [6.45, 7) is 0. The molecule has 1 aromatic rings. The Labute approximate surface area is 118 Å². The van der Waals surface area contributed by atoms with Crippen LogP contribution >= 0.6 is 24.8 Å². The van der Waals surface area contributed by atoms with Gasteiger partial charge in [-0.05, 0) is 0 Å². The van der Waals surface area contributed by atoms with Crippen molar-refractivity contribution in [1.29, 1.82) is 0 Å². The molecule has 0 aromatic heterocycles. The van der Waals surface area contributed by atoms with E-state index in [0.717, 1.165) is 37.3 Å². The van der Waals surface area contributed by atoms with Crippen molar-refractivity contribution in [1.82, 2.24) is 0 Å². The third kappa shape index (κ3) is 3.48. The number of allylic oxidation sites excluding steroid dienone is 4. The second kappa shape index (κ2) is 7.27. The van der Waals surface area contributed by atoms with E-state index >= 15 is 0 Å². The summed E-state index contributed by atoms with van der Waals surface area (Å²) in [5.41, 5.74) is 2.57. The average Bonchev–Trinajstić information content (AvgIpc) is 2.70. The summed E-state index contributed by atoms with van der Waals surface area (Å²) in [6, 6.07) is 8.18. The fourth-order valence-corrected chi connectivity index (χ4v) is 1.91. The van der Waals surface area contributed by atoms with Gasteiger partial charge in [-0.25, -0.2) is 0 Å². The SMILES string of the molecule is Cl.Cl.[Zr][O]c1ccccc1C1=CC=CC1. The maximum absolute atomic E-state index is 5.38. The van der Waals surface area contributed by atoms with Gasteiger partial charge in [-0.1, -0.05) is 0 Å². The van der Waals surface area contributed by atoms with Gasteiger partial charge >= 0.3 is 93.8 Å². The van der Waals surface area contributed by atoms with E-state index in [1.54, 1.807) is 0 Å². The van der Waals surface area contributed by atoms with Crippen LogP contribution < -0.4 is 2.81 Å². The Bertz CT molecular complexity index is 375. The molecule has 0 spiro atoms. The van der Waals surface area contributed by atoms with Crippen LogP contribution in [0.5, 0.6) is 5.75 Å². The summed E-state index contributed by atoms with van der Waals surface area (Å²) in [7, 11) is 0. The number of hydrogen-bond donors (Lipinski definition) is 0. The Balaban J connectivity index is 0.000000980. The van der Waals surface area contributed by atoms with Crippen LogP contribution in [0.2, 0.25) is 0 Å². The molecule has 1 nitrogen and oxygen atoms in total. The molecule has 0 fully saturated rings. The van der Waals surface area contributed by atoms with E-state index in [2.05, 4.69) is 24.3 Å². The summed E-state index contributed by atoms with van der Waals surface area (Å²) in [4.78, 5) is 0. The Morgan fingerprint density at radius 3 is 2.47 bits per heavy atom. The molecule has 0 atom stereocenters. The number of benzene rings is 1. The van der Waals surface area contributed by atoms with E-state index in [9.17, 15) is 0 Å². The first-order valence-electron chi connectivity index (χ1n) is 4.20. The maximum atomic E-state index is 5.38. The molecule has 0 aliphatic heterocycles. The Kier molecular flexibility index (Phi) is 7.25. The van der Waals surface area contributed by atoms with Gasteiger partial charge in [0.05, 0.1) is 0 Å². The van der Waals surface area contributed by atoms with Gasteiger partial charge < -0.3 is 0 Å². The van der Waals surface area contributed by atoms with E-state index in [4.69, 9.17) is 2.81 Å². The molecule has 0 radical (unpaired) electrons. The standard InChI is InChI=1S/C11H10O.2ClH.Zr/c12-11-8-4-3-7-10(11)9-5-1-2-6-9;;;/h1-5,7-8,12H,6H2;2*1H;/q;;;+1/p-1. The summed E-state index contributed by atoms with van der Waals surface area (Å²) < 4.78 is 5.38. The van der Waals surface area contributed by atoms with Gasteiger partial charge in [0.1, 0.15) is 0 Å². The van der Waals surface area contributed by atoms with Crippen molar-refractivity contribution in [2.45, 2.75) is 6.42 Å². The van der Waals surface area contributed by atoms with Crippen LogP contribution in [-0.4, -0.2) is 0 Å². The molecule has 0 unspecified atom stereocenters. The molecule has 0 heterocycles. The van der Waals surface area contributed by atoms with E-state index in [1.165, 1.54) is 11.1 Å². The predicted molar refractivity (Wildman–Crippen MR) is 63.3 cm³/mol. The second-order valence-corrected chi connectivity index (χ2v) is 3.42. The van der Waals surface area contributed by atoms with Gasteiger partial charge in [0.25, 0.3) is 0 Å². The van der Waals surface area contributed by atoms with E-state index in [1.807, 2.05) is 18.2 Å². The number of para-hydroxylation sites is 1. The Hall–Kier alpha value is -0.0369. The first kappa shape index (κ1) is 15.0. The number of hydrogen-bond acceptors (Lipinski definition) is 1. The van der Waals surface area contributed by atoms with Gasteiger partial charge in [0.2, 0.25) is 0 Å².